The van der Waals surface area contributed by atoms with Gasteiger partial charge in [0.2, 0.25) is 5.95 Å². The Balaban J connectivity index is 1.92. The molecule has 1 aliphatic heterocycles. The minimum Gasteiger partial charge on any atom is -0.365 e. The van der Waals surface area contributed by atoms with Gasteiger partial charge in [-0.15, -0.1) is 0 Å². The third kappa shape index (κ3) is 4.21. The molecule has 5 nitrogen and oxygen atoms in total. The van der Waals surface area contributed by atoms with Crippen molar-refractivity contribution in [3.05, 3.63) is 11.2 Å². The van der Waals surface area contributed by atoms with E-state index in [9.17, 15) is 0 Å². The molecule has 0 amide bonds. The van der Waals surface area contributed by atoms with Crippen molar-refractivity contribution in [1.29, 1.82) is 0 Å². The quantitative estimate of drug-likeness (QED) is 0.869. The topological polar surface area (TPSA) is 53.1 Å². The smallest absolute Gasteiger partial charge is 0.224 e. The van der Waals surface area contributed by atoms with Gasteiger partial charge in [0.15, 0.2) is 5.82 Å². The van der Waals surface area contributed by atoms with Gasteiger partial charge < -0.3 is 15.5 Å². The summed E-state index contributed by atoms with van der Waals surface area (Å²) < 4.78 is 0. The second-order valence-corrected chi connectivity index (χ2v) is 5.45. The monoisotopic (exact) mass is 283 g/mol. The zero-order valence-electron chi connectivity index (χ0n) is 11.6. The molecule has 0 aliphatic carbocycles. The number of halogens is 1. The van der Waals surface area contributed by atoms with Crippen LogP contribution in [0.2, 0.25) is 5.02 Å². The maximum Gasteiger partial charge on any atom is 0.224 e. The maximum absolute atomic E-state index is 6.11. The van der Waals surface area contributed by atoms with Crippen LogP contribution >= 0.6 is 11.6 Å². The highest BCUT2D eigenvalue weighted by Crippen LogP contribution is 2.20. The number of hydrogen-bond donors (Lipinski definition) is 2. The van der Waals surface area contributed by atoms with Gasteiger partial charge in [-0.3, -0.25) is 0 Å². The number of aromatic nitrogens is 2. The molecule has 106 valence electrons. The molecular weight excluding hydrogens is 262 g/mol. The van der Waals surface area contributed by atoms with Crippen molar-refractivity contribution in [1.82, 2.24) is 14.9 Å². The zero-order chi connectivity index (χ0) is 13.7. The van der Waals surface area contributed by atoms with Gasteiger partial charge in [-0.2, -0.15) is 4.98 Å². The minimum absolute atomic E-state index is 0.315. The van der Waals surface area contributed by atoms with Crippen molar-refractivity contribution in [3.63, 3.8) is 0 Å². The van der Waals surface area contributed by atoms with Gasteiger partial charge in [-0.25, -0.2) is 4.98 Å². The fraction of sp³-hybridized carbons (Fsp3) is 0.692. The van der Waals surface area contributed by atoms with Crippen molar-refractivity contribution >= 4 is 23.4 Å². The van der Waals surface area contributed by atoms with E-state index in [1.54, 1.807) is 13.2 Å². The van der Waals surface area contributed by atoms with Crippen molar-refractivity contribution in [2.45, 2.75) is 32.2 Å². The number of hydrogen-bond acceptors (Lipinski definition) is 5. The highest BCUT2D eigenvalue weighted by Gasteiger charge is 2.14. The fourth-order valence-electron chi connectivity index (χ4n) is 2.40. The molecule has 1 saturated heterocycles. The van der Waals surface area contributed by atoms with E-state index in [0.717, 1.165) is 6.54 Å². The summed E-state index contributed by atoms with van der Waals surface area (Å²) in [5.41, 5.74) is 0. The van der Waals surface area contributed by atoms with Gasteiger partial charge in [0.25, 0.3) is 0 Å². The molecule has 0 spiro atoms. The Labute approximate surface area is 119 Å². The largest absolute Gasteiger partial charge is 0.365 e. The van der Waals surface area contributed by atoms with Gasteiger partial charge in [0.05, 0.1) is 6.20 Å². The molecule has 1 unspecified atom stereocenters. The number of piperidine rings is 1. The minimum atomic E-state index is 0.315. The van der Waals surface area contributed by atoms with Crippen LogP contribution in [0.3, 0.4) is 0 Å². The zero-order valence-corrected chi connectivity index (χ0v) is 12.4. The Bertz CT molecular complexity index is 406. The molecule has 0 bridgehead atoms. The SMILES string of the molecule is CNc1ncc(Cl)c(NC(C)CN2CCCCC2)n1. The molecule has 1 aliphatic rings. The van der Waals surface area contributed by atoms with E-state index in [-0.39, 0.29) is 0 Å². The molecule has 1 fully saturated rings. The van der Waals surface area contributed by atoms with E-state index in [0.29, 0.717) is 22.8 Å². The van der Waals surface area contributed by atoms with Crippen LogP contribution in [-0.4, -0.2) is 47.6 Å². The summed E-state index contributed by atoms with van der Waals surface area (Å²) in [5, 5.41) is 6.85. The third-order valence-electron chi connectivity index (χ3n) is 3.33. The molecule has 2 heterocycles. The summed E-state index contributed by atoms with van der Waals surface area (Å²) in [6, 6.07) is 0.315. The molecule has 0 aromatic carbocycles. The number of likely N-dealkylation sites (tertiary alicyclic amines) is 1. The van der Waals surface area contributed by atoms with Gasteiger partial charge in [-0.1, -0.05) is 18.0 Å². The first-order chi connectivity index (χ1) is 9.19. The lowest BCUT2D eigenvalue weighted by Gasteiger charge is -2.29. The Morgan fingerprint density at radius 1 is 1.37 bits per heavy atom. The fourth-order valence-corrected chi connectivity index (χ4v) is 2.54. The van der Waals surface area contributed by atoms with Crippen LogP contribution in [0.5, 0.6) is 0 Å². The average molecular weight is 284 g/mol. The van der Waals surface area contributed by atoms with Crippen LogP contribution in [0.15, 0.2) is 6.20 Å². The van der Waals surface area contributed by atoms with Crippen LogP contribution in [0.1, 0.15) is 26.2 Å². The van der Waals surface area contributed by atoms with E-state index in [1.165, 1.54) is 32.4 Å². The normalized spacial score (nSPS) is 18.1. The van der Waals surface area contributed by atoms with E-state index < -0.39 is 0 Å². The molecule has 0 saturated carbocycles. The van der Waals surface area contributed by atoms with E-state index in [4.69, 9.17) is 11.6 Å². The lowest BCUT2D eigenvalue weighted by Crippen LogP contribution is -2.38. The van der Waals surface area contributed by atoms with Gasteiger partial charge >= 0.3 is 0 Å². The molecular formula is C13H22ClN5. The van der Waals surface area contributed by atoms with Crippen molar-refractivity contribution in [2.24, 2.45) is 0 Å². The number of nitrogens with one attached hydrogen (secondary N) is 2. The summed E-state index contributed by atoms with van der Waals surface area (Å²) in [7, 11) is 1.80. The average Bonchev–Trinajstić information content (AvgIpc) is 2.42. The van der Waals surface area contributed by atoms with E-state index >= 15 is 0 Å². The first-order valence-electron chi connectivity index (χ1n) is 6.88. The second-order valence-electron chi connectivity index (χ2n) is 5.05. The van der Waals surface area contributed by atoms with Crippen LogP contribution in [0.4, 0.5) is 11.8 Å². The van der Waals surface area contributed by atoms with Gasteiger partial charge in [0, 0.05) is 19.6 Å². The highest BCUT2D eigenvalue weighted by atomic mass is 35.5. The summed E-state index contributed by atoms with van der Waals surface area (Å²) in [5.74, 6) is 1.28. The second kappa shape index (κ2) is 6.91. The Kier molecular flexibility index (Phi) is 5.22. The summed E-state index contributed by atoms with van der Waals surface area (Å²) in [6.45, 7) is 5.58. The Morgan fingerprint density at radius 3 is 2.79 bits per heavy atom. The molecule has 1 aromatic heterocycles. The predicted molar refractivity (Wildman–Crippen MR) is 80.0 cm³/mol. The number of anilines is 2. The maximum atomic E-state index is 6.11. The third-order valence-corrected chi connectivity index (χ3v) is 3.61. The summed E-state index contributed by atoms with van der Waals surface area (Å²) >= 11 is 6.11. The van der Waals surface area contributed by atoms with Gasteiger partial charge in [0.1, 0.15) is 5.02 Å². The molecule has 0 radical (unpaired) electrons. The molecule has 6 heteroatoms. The standard InChI is InChI=1S/C13H22ClN5/c1-10(9-19-6-4-3-5-7-19)17-12-11(14)8-16-13(15-2)18-12/h8,10H,3-7,9H2,1-2H3,(H2,15,16,17,18). The molecule has 2 N–H and O–H groups in total. The molecule has 1 aromatic rings. The van der Waals surface area contributed by atoms with Crippen LogP contribution in [0, 0.1) is 0 Å². The van der Waals surface area contributed by atoms with Crippen molar-refractivity contribution in [2.75, 3.05) is 37.3 Å². The lowest BCUT2D eigenvalue weighted by molar-refractivity contribution is 0.223. The summed E-state index contributed by atoms with van der Waals surface area (Å²) in [4.78, 5) is 10.9. The summed E-state index contributed by atoms with van der Waals surface area (Å²) in [6.07, 6.45) is 5.60. The van der Waals surface area contributed by atoms with Crippen LogP contribution < -0.4 is 10.6 Å². The number of nitrogens with zero attached hydrogens (tertiary/aromatic N) is 3. The molecule has 19 heavy (non-hydrogen) atoms. The van der Waals surface area contributed by atoms with Crippen LogP contribution in [0.25, 0.3) is 0 Å². The van der Waals surface area contributed by atoms with Gasteiger partial charge in [-0.05, 0) is 32.9 Å². The molecule has 1 atom stereocenters. The van der Waals surface area contributed by atoms with Crippen molar-refractivity contribution in [3.8, 4) is 0 Å². The number of rotatable bonds is 5. The van der Waals surface area contributed by atoms with E-state index in [2.05, 4.69) is 32.4 Å². The van der Waals surface area contributed by atoms with Crippen molar-refractivity contribution < 1.29 is 0 Å². The molecule has 2 rings (SSSR count). The first kappa shape index (κ1) is 14.3. The Hall–Kier alpha value is -1.07. The first-order valence-corrected chi connectivity index (χ1v) is 7.26. The predicted octanol–water partition coefficient (Wildman–Crippen LogP) is 2.46. The lowest BCUT2D eigenvalue weighted by atomic mass is 10.1. The van der Waals surface area contributed by atoms with Crippen LogP contribution in [-0.2, 0) is 0 Å². The van der Waals surface area contributed by atoms with E-state index in [1.807, 2.05) is 0 Å². The Morgan fingerprint density at radius 2 is 2.11 bits per heavy atom. The highest BCUT2D eigenvalue weighted by molar-refractivity contribution is 6.32.